The Morgan fingerprint density at radius 2 is 1.65 bits per heavy atom. The molecule has 1 amide bonds. The third kappa shape index (κ3) is 7.08. The van der Waals surface area contributed by atoms with E-state index in [4.69, 9.17) is 15.5 Å². The van der Waals surface area contributed by atoms with Crippen LogP contribution in [0, 0.1) is 0 Å². The van der Waals surface area contributed by atoms with Crippen molar-refractivity contribution in [1.82, 2.24) is 4.98 Å². The Balaban J connectivity index is 1.63. The third-order valence-electron chi connectivity index (χ3n) is 7.91. The fraction of sp³-hybridized carbons (Fsp3) is 0.371. The molecule has 4 rings (SSSR count). The van der Waals surface area contributed by atoms with Crippen LogP contribution in [0.1, 0.15) is 73.6 Å². The summed E-state index contributed by atoms with van der Waals surface area (Å²) in [5.41, 5.74) is 10.7. The van der Waals surface area contributed by atoms with Crippen LogP contribution in [0.3, 0.4) is 0 Å². The molecule has 1 heterocycles. The number of fused-ring (bicyclic) bond motifs is 1. The molecule has 0 aliphatic carbocycles. The first-order chi connectivity index (χ1) is 19.3. The molecule has 3 aromatic carbocycles. The molecule has 0 radical (unpaired) electrons. The zero-order valence-electron chi connectivity index (χ0n) is 24.5. The molecule has 0 unspecified atom stereocenters. The SMILES string of the molecule is CCCCc1cc2ccccc2c(OCC[N+](C)(C)[C@H](CCCC)c2ccc(C(N)=O)cc2-c2ccccc2)n1. The Bertz CT molecular complexity index is 1420. The van der Waals surface area contributed by atoms with Gasteiger partial charge in [-0.2, -0.15) is 0 Å². The van der Waals surface area contributed by atoms with Crippen LogP contribution >= 0.6 is 0 Å². The number of amides is 1. The Hall–Kier alpha value is -3.70. The van der Waals surface area contributed by atoms with Gasteiger partial charge in [-0.3, -0.25) is 4.79 Å². The molecule has 0 aliphatic rings. The maximum absolute atomic E-state index is 12.1. The molecule has 0 fully saturated rings. The highest BCUT2D eigenvalue weighted by molar-refractivity contribution is 5.94. The number of quaternary nitrogens is 1. The highest BCUT2D eigenvalue weighted by Crippen LogP contribution is 2.37. The lowest BCUT2D eigenvalue weighted by Gasteiger charge is -2.39. The fourth-order valence-electron chi connectivity index (χ4n) is 5.50. The van der Waals surface area contributed by atoms with Gasteiger partial charge in [0.2, 0.25) is 11.8 Å². The van der Waals surface area contributed by atoms with E-state index in [0.717, 1.165) is 77.6 Å². The number of rotatable bonds is 14. The van der Waals surface area contributed by atoms with Crippen molar-refractivity contribution >= 4 is 16.7 Å². The lowest BCUT2D eigenvalue weighted by Crippen LogP contribution is -2.46. The number of hydrogen-bond donors (Lipinski definition) is 1. The van der Waals surface area contributed by atoms with E-state index in [9.17, 15) is 4.79 Å². The molecule has 0 aliphatic heterocycles. The highest BCUT2D eigenvalue weighted by Gasteiger charge is 2.32. The fourth-order valence-corrected chi connectivity index (χ4v) is 5.50. The summed E-state index contributed by atoms with van der Waals surface area (Å²) in [6.07, 6.45) is 6.49. The highest BCUT2D eigenvalue weighted by atomic mass is 16.5. The number of carbonyl (C=O) groups is 1. The standard InChI is InChI=1S/C35H43N3O2/c1-5-7-17-29-24-27-16-12-13-18-30(27)35(37-29)40-23-22-38(3,4)33(19-8-6-2)31-21-20-28(34(36)39)25-32(31)26-14-10-9-11-15-26/h9-16,18,20-21,24-25,33H,5-8,17,19,22-23H2,1-4H3,(H-,36,39)/p+1/t33-/m1/s1. The monoisotopic (exact) mass is 538 g/mol. The number of likely N-dealkylation sites (N-methyl/N-ethyl adjacent to an activating group) is 1. The lowest BCUT2D eigenvalue weighted by atomic mass is 9.89. The van der Waals surface area contributed by atoms with E-state index in [1.165, 1.54) is 10.9 Å². The van der Waals surface area contributed by atoms with E-state index < -0.39 is 5.91 Å². The van der Waals surface area contributed by atoms with Gasteiger partial charge in [-0.25, -0.2) is 4.98 Å². The second-order valence-corrected chi connectivity index (χ2v) is 11.3. The number of nitrogens with two attached hydrogens (primary N) is 1. The van der Waals surface area contributed by atoms with Gasteiger partial charge in [0.05, 0.1) is 14.1 Å². The maximum Gasteiger partial charge on any atom is 0.248 e. The molecule has 4 aromatic rings. The van der Waals surface area contributed by atoms with E-state index in [2.05, 4.69) is 70.4 Å². The minimum absolute atomic E-state index is 0.223. The van der Waals surface area contributed by atoms with Gasteiger partial charge in [0, 0.05) is 28.6 Å². The summed E-state index contributed by atoms with van der Waals surface area (Å²) in [5, 5.41) is 2.24. The molecule has 1 aromatic heterocycles. The minimum Gasteiger partial charge on any atom is -0.471 e. The van der Waals surface area contributed by atoms with Crippen LogP contribution in [-0.4, -0.2) is 42.6 Å². The number of unbranched alkanes of at least 4 members (excludes halogenated alkanes) is 2. The quantitative estimate of drug-likeness (QED) is 0.167. The Morgan fingerprint density at radius 1 is 0.925 bits per heavy atom. The van der Waals surface area contributed by atoms with Crippen molar-refractivity contribution in [3.8, 4) is 17.0 Å². The summed E-state index contributed by atoms with van der Waals surface area (Å²) in [6.45, 7) is 5.81. The van der Waals surface area contributed by atoms with Crippen molar-refractivity contribution in [2.75, 3.05) is 27.2 Å². The van der Waals surface area contributed by atoms with Crippen molar-refractivity contribution in [2.24, 2.45) is 5.73 Å². The van der Waals surface area contributed by atoms with Gasteiger partial charge in [0.15, 0.2) is 0 Å². The first kappa shape index (κ1) is 29.3. The molecule has 210 valence electrons. The van der Waals surface area contributed by atoms with Gasteiger partial charge in [-0.1, -0.05) is 81.3 Å². The molecular weight excluding hydrogens is 494 g/mol. The first-order valence-corrected chi connectivity index (χ1v) is 14.7. The smallest absolute Gasteiger partial charge is 0.248 e. The molecule has 5 heteroatoms. The number of benzene rings is 3. The van der Waals surface area contributed by atoms with Gasteiger partial charge in [-0.05, 0) is 60.0 Å². The van der Waals surface area contributed by atoms with E-state index in [-0.39, 0.29) is 6.04 Å². The topological polar surface area (TPSA) is 65.2 Å². The predicted molar refractivity (Wildman–Crippen MR) is 165 cm³/mol. The van der Waals surface area contributed by atoms with Crippen molar-refractivity contribution in [3.63, 3.8) is 0 Å². The normalized spacial score (nSPS) is 12.4. The Morgan fingerprint density at radius 3 is 2.38 bits per heavy atom. The van der Waals surface area contributed by atoms with Crippen molar-refractivity contribution < 1.29 is 14.0 Å². The van der Waals surface area contributed by atoms with Crippen LogP contribution in [-0.2, 0) is 6.42 Å². The average molecular weight is 539 g/mol. The molecular formula is C35H44N3O2+. The largest absolute Gasteiger partial charge is 0.471 e. The first-order valence-electron chi connectivity index (χ1n) is 14.7. The summed E-state index contributed by atoms with van der Waals surface area (Å²) in [7, 11) is 4.56. The Labute approximate surface area is 239 Å². The van der Waals surface area contributed by atoms with E-state index in [1.807, 2.05) is 36.4 Å². The summed E-state index contributed by atoms with van der Waals surface area (Å²) < 4.78 is 7.20. The zero-order valence-corrected chi connectivity index (χ0v) is 24.5. The van der Waals surface area contributed by atoms with E-state index in [0.29, 0.717) is 12.2 Å². The number of primary amides is 1. The third-order valence-corrected chi connectivity index (χ3v) is 7.91. The van der Waals surface area contributed by atoms with E-state index in [1.54, 1.807) is 0 Å². The Kier molecular flexibility index (Phi) is 9.94. The van der Waals surface area contributed by atoms with Crippen LogP contribution < -0.4 is 10.5 Å². The number of aromatic nitrogens is 1. The molecule has 0 bridgehead atoms. The molecule has 0 saturated heterocycles. The molecule has 5 nitrogen and oxygen atoms in total. The summed E-state index contributed by atoms with van der Waals surface area (Å²) in [4.78, 5) is 17.0. The minimum atomic E-state index is -0.406. The maximum atomic E-state index is 12.1. The van der Waals surface area contributed by atoms with Crippen LogP contribution in [0.2, 0.25) is 0 Å². The summed E-state index contributed by atoms with van der Waals surface area (Å²) >= 11 is 0. The van der Waals surface area contributed by atoms with Crippen LogP contribution in [0.25, 0.3) is 21.9 Å². The van der Waals surface area contributed by atoms with Crippen molar-refractivity contribution in [1.29, 1.82) is 0 Å². The number of carbonyl (C=O) groups excluding carboxylic acids is 1. The number of pyridine rings is 1. The zero-order chi connectivity index (χ0) is 28.5. The number of hydrogen-bond acceptors (Lipinski definition) is 3. The molecule has 2 N–H and O–H groups in total. The second-order valence-electron chi connectivity index (χ2n) is 11.3. The summed E-state index contributed by atoms with van der Waals surface area (Å²) in [5.74, 6) is 0.321. The van der Waals surface area contributed by atoms with Gasteiger partial charge in [-0.15, -0.1) is 0 Å². The van der Waals surface area contributed by atoms with Crippen LogP contribution in [0.5, 0.6) is 5.88 Å². The second kappa shape index (κ2) is 13.6. The predicted octanol–water partition coefficient (Wildman–Crippen LogP) is 7.73. The summed E-state index contributed by atoms with van der Waals surface area (Å²) in [6, 6.07) is 27.0. The van der Waals surface area contributed by atoms with Crippen LogP contribution in [0.15, 0.2) is 78.9 Å². The number of ether oxygens (including phenoxy) is 1. The average Bonchev–Trinajstić information content (AvgIpc) is 2.96. The molecule has 0 spiro atoms. The molecule has 0 saturated carbocycles. The van der Waals surface area contributed by atoms with Crippen molar-refractivity contribution in [3.05, 3.63) is 95.7 Å². The van der Waals surface area contributed by atoms with Gasteiger partial charge in [0.25, 0.3) is 0 Å². The molecule has 40 heavy (non-hydrogen) atoms. The van der Waals surface area contributed by atoms with Crippen molar-refractivity contribution in [2.45, 2.75) is 58.4 Å². The van der Waals surface area contributed by atoms with Gasteiger partial charge >= 0.3 is 0 Å². The lowest BCUT2D eigenvalue weighted by molar-refractivity contribution is -0.921. The number of aryl methyl sites for hydroxylation is 1. The van der Waals surface area contributed by atoms with Crippen LogP contribution in [0.4, 0.5) is 0 Å². The molecule has 1 atom stereocenters. The van der Waals surface area contributed by atoms with Gasteiger partial charge < -0.3 is 15.0 Å². The van der Waals surface area contributed by atoms with E-state index >= 15 is 0 Å². The number of nitrogens with zero attached hydrogens (tertiary/aromatic N) is 2. The van der Waals surface area contributed by atoms with Gasteiger partial charge in [0.1, 0.15) is 19.2 Å².